The summed E-state index contributed by atoms with van der Waals surface area (Å²) in [5.41, 5.74) is 4.03. The molecule has 0 bridgehead atoms. The normalized spacial score (nSPS) is 9.05. The van der Waals surface area contributed by atoms with E-state index >= 15 is 0 Å². The highest BCUT2D eigenvalue weighted by molar-refractivity contribution is 5.89. The summed E-state index contributed by atoms with van der Waals surface area (Å²) in [6.07, 6.45) is 9.75. The van der Waals surface area contributed by atoms with Crippen molar-refractivity contribution in [3.63, 3.8) is 0 Å². The maximum absolute atomic E-state index is 9.55. The van der Waals surface area contributed by atoms with Gasteiger partial charge in [0, 0.05) is 12.2 Å². The zero-order valence-electron chi connectivity index (χ0n) is 12.7. The van der Waals surface area contributed by atoms with Crippen LogP contribution in [-0.4, -0.2) is 33.4 Å². The minimum atomic E-state index is -1.33. The molecule has 124 valence electrons. The molecule has 7 nitrogen and oxygen atoms in total. The van der Waals surface area contributed by atoms with Gasteiger partial charge in [0.25, 0.3) is 0 Å². The van der Waals surface area contributed by atoms with Crippen molar-refractivity contribution < 1.29 is 29.7 Å². The first-order valence-corrected chi connectivity index (χ1v) is 6.90. The summed E-state index contributed by atoms with van der Waals surface area (Å²) >= 11 is 0. The quantitative estimate of drug-likeness (QED) is 0.401. The van der Waals surface area contributed by atoms with Gasteiger partial charge < -0.3 is 21.1 Å². The molecule has 0 radical (unpaired) electrons. The molecule has 0 aromatic carbocycles. The molecule has 0 aliphatic heterocycles. The van der Waals surface area contributed by atoms with Gasteiger partial charge in [-0.25, -0.2) is 14.4 Å². The van der Waals surface area contributed by atoms with Crippen LogP contribution in [0.25, 0.3) is 0 Å². The van der Waals surface area contributed by atoms with Crippen molar-refractivity contribution in [2.75, 3.05) is 0 Å². The Hall–Kier alpha value is -2.05. The second-order valence-corrected chi connectivity index (χ2v) is 4.12. The van der Waals surface area contributed by atoms with Crippen LogP contribution in [0.5, 0.6) is 0 Å². The van der Waals surface area contributed by atoms with Crippen molar-refractivity contribution in [1.82, 2.24) is 0 Å². The predicted molar refractivity (Wildman–Crippen MR) is 80.3 cm³/mol. The summed E-state index contributed by atoms with van der Waals surface area (Å²) in [6, 6.07) is 0. The summed E-state index contributed by atoms with van der Waals surface area (Å²) in [6.45, 7) is 4.53. The highest BCUT2D eigenvalue weighted by atomic mass is 16.4. The summed E-state index contributed by atoms with van der Waals surface area (Å²) in [7, 11) is 0. The third-order valence-corrected chi connectivity index (χ3v) is 2.08. The Kier molecular flexibility index (Phi) is 23.2. The van der Waals surface area contributed by atoms with Crippen LogP contribution in [0.2, 0.25) is 0 Å². The highest BCUT2D eigenvalue weighted by Crippen LogP contribution is 2.05. The van der Waals surface area contributed by atoms with Crippen molar-refractivity contribution in [3.05, 3.63) is 12.2 Å². The van der Waals surface area contributed by atoms with Gasteiger partial charge in [-0.1, -0.05) is 58.8 Å². The van der Waals surface area contributed by atoms with Gasteiger partial charge in [0.2, 0.25) is 0 Å². The van der Waals surface area contributed by atoms with Crippen LogP contribution in [-0.2, 0) is 9.59 Å². The van der Waals surface area contributed by atoms with Gasteiger partial charge in [-0.2, -0.15) is 0 Å². The van der Waals surface area contributed by atoms with Crippen LogP contribution in [0.4, 0.5) is 4.79 Å². The SMILES string of the molecule is CCCCCCCCC.NC(=O)O.O=C(O)C=CC(=O)O. The summed E-state index contributed by atoms with van der Waals surface area (Å²) in [5, 5.41) is 22.8. The zero-order chi connectivity index (χ0) is 17.1. The lowest BCUT2D eigenvalue weighted by atomic mass is 10.1. The molecule has 0 saturated carbocycles. The van der Waals surface area contributed by atoms with E-state index < -0.39 is 18.0 Å². The molecule has 0 aliphatic rings. The summed E-state index contributed by atoms with van der Waals surface area (Å²) in [4.78, 5) is 27.9. The van der Waals surface area contributed by atoms with Gasteiger partial charge in [0.05, 0.1) is 0 Å². The van der Waals surface area contributed by atoms with E-state index in [-0.39, 0.29) is 0 Å². The standard InChI is InChI=1S/C9H20.C4H4O4.CH3NO2/c1-3-5-7-9-8-6-4-2;5-3(6)1-2-4(7)8;2-1(3)4/h3-9H2,1-2H3;1-2H,(H,5,6)(H,7,8);2H2,(H,3,4). The van der Waals surface area contributed by atoms with Crippen LogP contribution in [0.3, 0.4) is 0 Å². The van der Waals surface area contributed by atoms with E-state index in [1.165, 1.54) is 44.9 Å². The first-order chi connectivity index (χ1) is 9.77. The number of unbranched alkanes of at least 4 members (excludes halogenated alkanes) is 6. The number of amides is 1. The number of nitrogens with two attached hydrogens (primary N) is 1. The smallest absolute Gasteiger partial charge is 0.402 e. The van der Waals surface area contributed by atoms with Gasteiger partial charge in [0.1, 0.15) is 0 Å². The number of rotatable bonds is 8. The number of aliphatic carboxylic acids is 2. The molecule has 0 spiro atoms. The zero-order valence-corrected chi connectivity index (χ0v) is 12.7. The van der Waals surface area contributed by atoms with Gasteiger partial charge in [0.15, 0.2) is 0 Å². The highest BCUT2D eigenvalue weighted by Gasteiger charge is 1.88. The third kappa shape index (κ3) is 57.0. The maximum atomic E-state index is 9.55. The minimum Gasteiger partial charge on any atom is -0.478 e. The molecule has 0 atom stereocenters. The Labute approximate surface area is 125 Å². The molecule has 0 aliphatic carbocycles. The van der Waals surface area contributed by atoms with Crippen LogP contribution >= 0.6 is 0 Å². The number of carboxylic acids is 2. The average Bonchev–Trinajstić information content (AvgIpc) is 2.36. The fraction of sp³-hybridized carbons (Fsp3) is 0.643. The second kappa shape index (κ2) is 20.3. The van der Waals surface area contributed by atoms with Crippen molar-refractivity contribution >= 4 is 18.0 Å². The average molecular weight is 305 g/mol. The van der Waals surface area contributed by atoms with Crippen molar-refractivity contribution in [3.8, 4) is 0 Å². The molecule has 1 amide bonds. The molecule has 0 fully saturated rings. The van der Waals surface area contributed by atoms with Crippen LogP contribution in [0, 0.1) is 0 Å². The van der Waals surface area contributed by atoms with Gasteiger partial charge in [-0.05, 0) is 0 Å². The fourth-order valence-corrected chi connectivity index (χ4v) is 1.17. The molecular formula is C14H27NO6. The number of hydrogen-bond donors (Lipinski definition) is 4. The molecular weight excluding hydrogens is 278 g/mol. The van der Waals surface area contributed by atoms with E-state index in [1.54, 1.807) is 0 Å². The van der Waals surface area contributed by atoms with E-state index in [0.29, 0.717) is 12.2 Å². The van der Waals surface area contributed by atoms with E-state index in [2.05, 4.69) is 19.6 Å². The molecule has 21 heavy (non-hydrogen) atoms. The van der Waals surface area contributed by atoms with E-state index in [4.69, 9.17) is 20.1 Å². The monoisotopic (exact) mass is 305 g/mol. The van der Waals surface area contributed by atoms with Crippen molar-refractivity contribution in [1.29, 1.82) is 0 Å². The third-order valence-electron chi connectivity index (χ3n) is 2.08. The van der Waals surface area contributed by atoms with E-state index in [1.807, 2.05) is 0 Å². The number of carbonyl (C=O) groups is 3. The van der Waals surface area contributed by atoms with Crippen LogP contribution in [0.1, 0.15) is 58.8 Å². The van der Waals surface area contributed by atoms with Crippen molar-refractivity contribution in [2.24, 2.45) is 5.73 Å². The lowest BCUT2D eigenvalue weighted by Crippen LogP contribution is -2.03. The molecule has 0 unspecified atom stereocenters. The maximum Gasteiger partial charge on any atom is 0.402 e. The first kappa shape index (κ1) is 24.0. The van der Waals surface area contributed by atoms with Crippen LogP contribution in [0.15, 0.2) is 12.2 Å². The molecule has 5 N–H and O–H groups in total. The molecule has 7 heteroatoms. The van der Waals surface area contributed by atoms with E-state index in [9.17, 15) is 9.59 Å². The Morgan fingerprint density at radius 2 is 1.00 bits per heavy atom. The molecule has 0 saturated heterocycles. The van der Waals surface area contributed by atoms with Crippen LogP contribution < -0.4 is 5.73 Å². The Morgan fingerprint density at radius 3 is 1.19 bits per heavy atom. The van der Waals surface area contributed by atoms with E-state index in [0.717, 1.165) is 0 Å². The second-order valence-electron chi connectivity index (χ2n) is 4.12. The lowest BCUT2D eigenvalue weighted by molar-refractivity contribution is -0.134. The molecule has 0 rings (SSSR count). The largest absolute Gasteiger partial charge is 0.478 e. The van der Waals surface area contributed by atoms with Crippen molar-refractivity contribution in [2.45, 2.75) is 58.8 Å². The van der Waals surface area contributed by atoms with Gasteiger partial charge >= 0.3 is 18.0 Å². The number of hydrogen-bond acceptors (Lipinski definition) is 3. The molecule has 0 aromatic rings. The Balaban J connectivity index is -0.000000249. The lowest BCUT2D eigenvalue weighted by Gasteiger charge is -1.96. The Morgan fingerprint density at radius 1 is 0.762 bits per heavy atom. The fourth-order valence-electron chi connectivity index (χ4n) is 1.17. The first-order valence-electron chi connectivity index (χ1n) is 6.90. The predicted octanol–water partition coefficient (Wildman–Crippen LogP) is 3.09. The summed E-state index contributed by atoms with van der Waals surface area (Å²) in [5.74, 6) is -2.51. The molecule has 0 heterocycles. The van der Waals surface area contributed by atoms with Gasteiger partial charge in [-0.15, -0.1) is 0 Å². The number of carboxylic acid groups (broad SMARTS) is 3. The Bertz CT molecular complexity index is 276. The summed E-state index contributed by atoms with van der Waals surface area (Å²) < 4.78 is 0. The number of primary amides is 1. The van der Waals surface area contributed by atoms with Gasteiger partial charge in [-0.3, -0.25) is 0 Å². The molecule has 0 aromatic heterocycles. The minimum absolute atomic E-state index is 0.558. The topological polar surface area (TPSA) is 138 Å².